The molecule has 0 radical (unpaired) electrons. The monoisotopic (exact) mass is 315 g/mol. The van der Waals surface area contributed by atoms with Crippen LogP contribution in [0.3, 0.4) is 0 Å². The number of fused-ring (bicyclic) bond motifs is 1. The van der Waals surface area contributed by atoms with Crippen molar-refractivity contribution in [3.63, 3.8) is 0 Å². The molecule has 1 aromatic carbocycles. The number of nitrogens with zero attached hydrogens (tertiary/aromatic N) is 2. The lowest BCUT2D eigenvalue weighted by Crippen LogP contribution is -2.58. The summed E-state index contributed by atoms with van der Waals surface area (Å²) in [4.78, 5) is 14.8. The van der Waals surface area contributed by atoms with Gasteiger partial charge in [0.25, 0.3) is 5.91 Å². The number of aromatic amines is 1. The van der Waals surface area contributed by atoms with Gasteiger partial charge in [0.15, 0.2) is 5.69 Å². The highest BCUT2D eigenvalue weighted by atomic mass is 16.6. The second kappa shape index (κ2) is 5.62. The Bertz CT molecular complexity index is 721. The molecular weight excluding hydrogens is 294 g/mol. The van der Waals surface area contributed by atoms with Gasteiger partial charge in [-0.05, 0) is 25.3 Å². The normalized spacial score (nSPS) is 27.9. The number of carbonyl (C=O) groups is 1. The summed E-state index contributed by atoms with van der Waals surface area (Å²) in [5.74, 6) is -0.0353. The topological polar surface area (TPSA) is 67.5 Å². The minimum Gasteiger partial charge on any atom is -0.378 e. The van der Waals surface area contributed by atoms with Crippen molar-refractivity contribution < 1.29 is 14.3 Å². The number of methoxy groups -OCH3 is 1. The molecule has 2 aliphatic rings. The molecule has 1 aromatic heterocycles. The molecule has 1 N–H and O–H groups in total. The van der Waals surface area contributed by atoms with Gasteiger partial charge in [0.05, 0.1) is 18.2 Å². The Morgan fingerprint density at radius 1 is 1.48 bits per heavy atom. The van der Waals surface area contributed by atoms with E-state index in [2.05, 4.69) is 10.2 Å². The Balaban J connectivity index is 1.62. The van der Waals surface area contributed by atoms with Crippen LogP contribution >= 0.6 is 0 Å². The van der Waals surface area contributed by atoms with Gasteiger partial charge < -0.3 is 14.4 Å². The van der Waals surface area contributed by atoms with E-state index in [1.54, 1.807) is 7.11 Å². The van der Waals surface area contributed by atoms with Crippen molar-refractivity contribution >= 4 is 16.8 Å². The van der Waals surface area contributed by atoms with Gasteiger partial charge in [-0.25, -0.2) is 0 Å². The first-order chi connectivity index (χ1) is 11.2. The van der Waals surface area contributed by atoms with Crippen molar-refractivity contribution in [2.24, 2.45) is 0 Å². The largest absolute Gasteiger partial charge is 0.378 e. The second-order valence-corrected chi connectivity index (χ2v) is 6.37. The van der Waals surface area contributed by atoms with Gasteiger partial charge in [-0.2, -0.15) is 5.10 Å². The Kier molecular flexibility index (Phi) is 3.58. The van der Waals surface area contributed by atoms with Crippen LogP contribution in [0.15, 0.2) is 24.3 Å². The fourth-order valence-electron chi connectivity index (χ4n) is 3.92. The number of likely N-dealkylation sites (tertiary alicyclic amines) is 1. The van der Waals surface area contributed by atoms with E-state index in [1.807, 2.05) is 29.2 Å². The van der Waals surface area contributed by atoms with Gasteiger partial charge >= 0.3 is 0 Å². The predicted octanol–water partition coefficient (Wildman–Crippen LogP) is 1.97. The highest BCUT2D eigenvalue weighted by molar-refractivity contribution is 6.04. The maximum atomic E-state index is 13.0. The average Bonchev–Trinajstić information content (AvgIpc) is 3.21. The minimum absolute atomic E-state index is 0.0353. The van der Waals surface area contributed by atoms with E-state index < -0.39 is 0 Å². The van der Waals surface area contributed by atoms with Crippen molar-refractivity contribution in [3.8, 4) is 0 Å². The molecule has 0 unspecified atom stereocenters. The summed E-state index contributed by atoms with van der Waals surface area (Å²) >= 11 is 0. The van der Waals surface area contributed by atoms with Crippen LogP contribution in [0, 0.1) is 0 Å². The number of aromatic nitrogens is 2. The zero-order valence-electron chi connectivity index (χ0n) is 13.2. The number of para-hydroxylation sites is 1. The third kappa shape index (κ3) is 2.33. The standard InChI is InChI=1S/C17H21N3O3/c1-22-14-7-9-20(11-17(14)8-4-10-23-17)16(21)15-12-5-2-3-6-13(12)18-19-15/h2-3,5-6,14H,4,7-11H2,1H3,(H,18,19)/t14-,17-/m0/s1. The Morgan fingerprint density at radius 3 is 3.13 bits per heavy atom. The van der Waals surface area contributed by atoms with E-state index in [0.717, 1.165) is 36.8 Å². The lowest BCUT2D eigenvalue weighted by molar-refractivity contribution is -0.137. The molecule has 2 aromatic rings. The third-order valence-electron chi connectivity index (χ3n) is 5.08. The van der Waals surface area contributed by atoms with Crippen molar-refractivity contribution in [3.05, 3.63) is 30.0 Å². The highest BCUT2D eigenvalue weighted by Crippen LogP contribution is 2.37. The highest BCUT2D eigenvalue weighted by Gasteiger charge is 2.48. The van der Waals surface area contributed by atoms with Gasteiger partial charge in [0.1, 0.15) is 5.60 Å². The number of carbonyl (C=O) groups excluding carboxylic acids is 1. The van der Waals surface area contributed by atoms with Gasteiger partial charge in [-0.3, -0.25) is 9.89 Å². The van der Waals surface area contributed by atoms with Gasteiger partial charge in [-0.1, -0.05) is 18.2 Å². The van der Waals surface area contributed by atoms with Crippen molar-refractivity contribution in [1.82, 2.24) is 15.1 Å². The minimum atomic E-state index is -0.352. The van der Waals surface area contributed by atoms with Crippen molar-refractivity contribution in [2.75, 3.05) is 26.8 Å². The smallest absolute Gasteiger partial charge is 0.275 e. The van der Waals surface area contributed by atoms with E-state index in [-0.39, 0.29) is 17.6 Å². The Hall–Kier alpha value is -1.92. The first kappa shape index (κ1) is 14.7. The second-order valence-electron chi connectivity index (χ2n) is 6.37. The molecular formula is C17H21N3O3. The summed E-state index contributed by atoms with van der Waals surface area (Å²) < 4.78 is 11.7. The molecule has 3 heterocycles. The zero-order chi connectivity index (χ0) is 15.9. The van der Waals surface area contributed by atoms with Crippen LogP contribution in [0.2, 0.25) is 0 Å². The number of hydrogen-bond acceptors (Lipinski definition) is 4. The van der Waals surface area contributed by atoms with Gasteiger partial charge in [-0.15, -0.1) is 0 Å². The molecule has 2 aliphatic heterocycles. The molecule has 6 heteroatoms. The van der Waals surface area contributed by atoms with E-state index in [0.29, 0.717) is 18.8 Å². The molecule has 2 fully saturated rings. The summed E-state index contributed by atoms with van der Waals surface area (Å²) in [5.41, 5.74) is 1.02. The van der Waals surface area contributed by atoms with Crippen LogP contribution in [0.25, 0.3) is 10.9 Å². The summed E-state index contributed by atoms with van der Waals surface area (Å²) in [6.45, 7) is 1.99. The first-order valence-corrected chi connectivity index (χ1v) is 8.13. The number of piperidine rings is 1. The Morgan fingerprint density at radius 2 is 2.35 bits per heavy atom. The fraction of sp³-hybridized carbons (Fsp3) is 0.529. The number of amides is 1. The first-order valence-electron chi connectivity index (χ1n) is 8.13. The predicted molar refractivity (Wildman–Crippen MR) is 85.3 cm³/mol. The molecule has 23 heavy (non-hydrogen) atoms. The molecule has 6 nitrogen and oxygen atoms in total. The number of ether oxygens (including phenoxy) is 2. The molecule has 4 rings (SSSR count). The molecule has 2 saturated heterocycles. The van der Waals surface area contributed by atoms with E-state index in [4.69, 9.17) is 9.47 Å². The number of rotatable bonds is 2. The van der Waals surface area contributed by atoms with E-state index in [9.17, 15) is 4.79 Å². The number of nitrogens with one attached hydrogen (secondary N) is 1. The molecule has 2 atom stereocenters. The molecule has 122 valence electrons. The lowest BCUT2D eigenvalue weighted by atomic mass is 9.86. The molecule has 1 amide bonds. The Labute approximate surface area is 134 Å². The quantitative estimate of drug-likeness (QED) is 0.920. The molecule has 1 spiro atoms. The van der Waals surface area contributed by atoms with E-state index >= 15 is 0 Å². The van der Waals surface area contributed by atoms with Crippen LogP contribution in [0.4, 0.5) is 0 Å². The van der Waals surface area contributed by atoms with Crippen molar-refractivity contribution in [2.45, 2.75) is 31.0 Å². The summed E-state index contributed by atoms with van der Waals surface area (Å²) in [6.07, 6.45) is 2.82. The summed E-state index contributed by atoms with van der Waals surface area (Å²) in [6, 6.07) is 7.71. The maximum absolute atomic E-state index is 13.0. The number of hydrogen-bond donors (Lipinski definition) is 1. The maximum Gasteiger partial charge on any atom is 0.275 e. The molecule has 0 aliphatic carbocycles. The van der Waals surface area contributed by atoms with Crippen LogP contribution in [-0.4, -0.2) is 59.5 Å². The average molecular weight is 315 g/mol. The zero-order valence-corrected chi connectivity index (χ0v) is 13.2. The third-order valence-corrected chi connectivity index (χ3v) is 5.08. The van der Waals surface area contributed by atoms with E-state index in [1.165, 1.54) is 0 Å². The summed E-state index contributed by atoms with van der Waals surface area (Å²) in [5, 5.41) is 8.04. The van der Waals surface area contributed by atoms with Crippen LogP contribution < -0.4 is 0 Å². The number of H-pyrrole nitrogens is 1. The van der Waals surface area contributed by atoms with Crippen LogP contribution in [-0.2, 0) is 9.47 Å². The van der Waals surface area contributed by atoms with Gasteiger partial charge in [0, 0.05) is 25.6 Å². The van der Waals surface area contributed by atoms with Gasteiger partial charge in [0.2, 0.25) is 0 Å². The SMILES string of the molecule is CO[C@H]1CCN(C(=O)c2n[nH]c3ccccc23)C[C@@]12CCCO2. The fourth-order valence-corrected chi connectivity index (χ4v) is 3.92. The molecule has 0 saturated carbocycles. The van der Waals surface area contributed by atoms with Crippen LogP contribution in [0.5, 0.6) is 0 Å². The summed E-state index contributed by atoms with van der Waals surface area (Å²) in [7, 11) is 1.73. The number of benzene rings is 1. The van der Waals surface area contributed by atoms with Crippen LogP contribution in [0.1, 0.15) is 29.8 Å². The lowest BCUT2D eigenvalue weighted by Gasteiger charge is -2.44. The molecule has 0 bridgehead atoms. The van der Waals surface area contributed by atoms with Crippen molar-refractivity contribution in [1.29, 1.82) is 0 Å².